The summed E-state index contributed by atoms with van der Waals surface area (Å²) >= 11 is 7.76. The van der Waals surface area contributed by atoms with Crippen molar-refractivity contribution >= 4 is 29.0 Å². The van der Waals surface area contributed by atoms with Gasteiger partial charge in [-0.05, 0) is 12.5 Å². The highest BCUT2D eigenvalue weighted by atomic mass is 35.5. The third kappa shape index (κ3) is 4.69. The van der Waals surface area contributed by atoms with Gasteiger partial charge in [0.15, 0.2) is 0 Å². The Morgan fingerprint density at radius 1 is 1.25 bits per heavy atom. The van der Waals surface area contributed by atoms with Crippen molar-refractivity contribution in [3.05, 3.63) is 51.4 Å². The van der Waals surface area contributed by atoms with Crippen LogP contribution >= 0.6 is 22.9 Å². The normalized spacial score (nSPS) is 16.0. The van der Waals surface area contributed by atoms with E-state index in [4.69, 9.17) is 16.3 Å². The van der Waals surface area contributed by atoms with Gasteiger partial charge in [-0.25, -0.2) is 9.78 Å². The zero-order chi connectivity index (χ0) is 16.8. The Bertz CT molecular complexity index is 666. The fourth-order valence-electron chi connectivity index (χ4n) is 2.68. The fourth-order valence-corrected chi connectivity index (χ4v) is 3.53. The lowest BCUT2D eigenvalue weighted by Gasteiger charge is -2.21. The van der Waals surface area contributed by atoms with E-state index < -0.39 is 0 Å². The number of ether oxygens (including phenoxy) is 1. The standard InChI is InChI=1S/C17H20ClN3O2S/c18-15-5-2-1-4-14(15)13-23-17(22)21-8-3-7-20(9-10-21)12-16-19-6-11-24-16/h1-2,4-6,11H,3,7-10,12-13H2. The molecule has 1 aromatic carbocycles. The molecule has 1 amide bonds. The molecule has 0 atom stereocenters. The number of hydrogen-bond acceptors (Lipinski definition) is 5. The maximum Gasteiger partial charge on any atom is 0.410 e. The van der Waals surface area contributed by atoms with Gasteiger partial charge in [-0.1, -0.05) is 29.8 Å². The Morgan fingerprint density at radius 2 is 2.12 bits per heavy atom. The average molecular weight is 366 g/mol. The number of hydrogen-bond donors (Lipinski definition) is 0. The van der Waals surface area contributed by atoms with Crippen LogP contribution < -0.4 is 0 Å². The third-order valence-corrected chi connectivity index (χ3v) is 5.13. The number of nitrogens with zero attached hydrogens (tertiary/aromatic N) is 3. The van der Waals surface area contributed by atoms with Crippen LogP contribution in [0.1, 0.15) is 17.0 Å². The Kier molecular flexibility index (Phi) is 6.07. The second-order valence-electron chi connectivity index (χ2n) is 5.69. The molecule has 1 aliphatic heterocycles. The molecule has 1 aliphatic rings. The van der Waals surface area contributed by atoms with E-state index in [0.717, 1.165) is 43.2 Å². The predicted octanol–water partition coefficient (Wildman–Crippen LogP) is 3.64. The van der Waals surface area contributed by atoms with Crippen molar-refractivity contribution in [2.45, 2.75) is 19.6 Å². The van der Waals surface area contributed by atoms with Gasteiger partial charge in [-0.3, -0.25) is 4.90 Å². The van der Waals surface area contributed by atoms with E-state index in [2.05, 4.69) is 9.88 Å². The number of carbonyl (C=O) groups excluding carboxylic acids is 1. The van der Waals surface area contributed by atoms with E-state index in [9.17, 15) is 4.79 Å². The van der Waals surface area contributed by atoms with Crippen molar-refractivity contribution < 1.29 is 9.53 Å². The van der Waals surface area contributed by atoms with Gasteiger partial charge >= 0.3 is 6.09 Å². The first-order valence-electron chi connectivity index (χ1n) is 7.98. The summed E-state index contributed by atoms with van der Waals surface area (Å²) in [7, 11) is 0. The molecule has 3 rings (SSSR count). The molecule has 0 radical (unpaired) electrons. The SMILES string of the molecule is O=C(OCc1ccccc1Cl)N1CCCN(Cc2nccs2)CC1. The van der Waals surface area contributed by atoms with Crippen LogP contribution in [-0.4, -0.2) is 47.1 Å². The lowest BCUT2D eigenvalue weighted by atomic mass is 10.2. The lowest BCUT2D eigenvalue weighted by molar-refractivity contribution is 0.0972. The van der Waals surface area contributed by atoms with Crippen LogP contribution in [0.3, 0.4) is 0 Å². The number of thiazole rings is 1. The van der Waals surface area contributed by atoms with Crippen LogP contribution in [0.15, 0.2) is 35.8 Å². The molecule has 2 aromatic rings. The van der Waals surface area contributed by atoms with Crippen molar-refractivity contribution in [1.82, 2.24) is 14.8 Å². The minimum Gasteiger partial charge on any atom is -0.444 e. The van der Waals surface area contributed by atoms with Crippen molar-refractivity contribution in [2.75, 3.05) is 26.2 Å². The van der Waals surface area contributed by atoms with Gasteiger partial charge in [0.2, 0.25) is 0 Å². The summed E-state index contributed by atoms with van der Waals surface area (Å²) < 4.78 is 5.42. The smallest absolute Gasteiger partial charge is 0.410 e. The van der Waals surface area contributed by atoms with Gasteiger partial charge < -0.3 is 9.64 Å². The predicted molar refractivity (Wildman–Crippen MR) is 95.2 cm³/mol. The van der Waals surface area contributed by atoms with Crippen LogP contribution in [0, 0.1) is 0 Å². The summed E-state index contributed by atoms with van der Waals surface area (Å²) in [6.07, 6.45) is 2.49. The summed E-state index contributed by atoms with van der Waals surface area (Å²) in [5, 5.41) is 3.73. The van der Waals surface area contributed by atoms with Crippen molar-refractivity contribution in [1.29, 1.82) is 0 Å². The van der Waals surface area contributed by atoms with Gasteiger partial charge in [-0.15, -0.1) is 11.3 Å². The van der Waals surface area contributed by atoms with E-state index >= 15 is 0 Å². The monoisotopic (exact) mass is 365 g/mol. The maximum absolute atomic E-state index is 12.3. The van der Waals surface area contributed by atoms with Crippen LogP contribution in [0.5, 0.6) is 0 Å². The van der Waals surface area contributed by atoms with E-state index in [-0.39, 0.29) is 12.7 Å². The molecular weight excluding hydrogens is 346 g/mol. The van der Waals surface area contributed by atoms with Gasteiger partial charge in [0.1, 0.15) is 11.6 Å². The number of benzene rings is 1. The number of halogens is 1. The van der Waals surface area contributed by atoms with Gasteiger partial charge in [0.05, 0.1) is 6.54 Å². The van der Waals surface area contributed by atoms with E-state index in [0.29, 0.717) is 11.6 Å². The van der Waals surface area contributed by atoms with Crippen LogP contribution in [0.2, 0.25) is 5.02 Å². The molecule has 0 aliphatic carbocycles. The summed E-state index contributed by atoms with van der Waals surface area (Å²) in [4.78, 5) is 20.7. The van der Waals surface area contributed by atoms with Crippen molar-refractivity contribution in [2.24, 2.45) is 0 Å². The van der Waals surface area contributed by atoms with Gasteiger partial charge in [-0.2, -0.15) is 0 Å². The van der Waals surface area contributed by atoms with E-state index in [1.54, 1.807) is 22.3 Å². The van der Waals surface area contributed by atoms with E-state index in [1.165, 1.54) is 0 Å². The van der Waals surface area contributed by atoms with Crippen molar-refractivity contribution in [3.8, 4) is 0 Å². The number of amides is 1. The molecular formula is C17H20ClN3O2S. The average Bonchev–Trinajstić information content (AvgIpc) is 2.98. The molecule has 1 aromatic heterocycles. The zero-order valence-corrected chi connectivity index (χ0v) is 14.9. The number of aromatic nitrogens is 1. The highest BCUT2D eigenvalue weighted by Crippen LogP contribution is 2.17. The topological polar surface area (TPSA) is 45.7 Å². The molecule has 0 spiro atoms. The minimum atomic E-state index is -0.272. The fraction of sp³-hybridized carbons (Fsp3) is 0.412. The Labute approximate surface area is 150 Å². The lowest BCUT2D eigenvalue weighted by Crippen LogP contribution is -2.35. The van der Waals surface area contributed by atoms with E-state index in [1.807, 2.05) is 29.8 Å². The molecule has 128 valence electrons. The molecule has 0 unspecified atom stereocenters. The summed E-state index contributed by atoms with van der Waals surface area (Å²) in [6, 6.07) is 7.41. The van der Waals surface area contributed by atoms with Crippen LogP contribution in [0.25, 0.3) is 0 Å². The highest BCUT2D eigenvalue weighted by Gasteiger charge is 2.20. The molecule has 1 fully saturated rings. The number of rotatable bonds is 4. The second kappa shape index (κ2) is 8.46. The van der Waals surface area contributed by atoms with Gasteiger partial charge in [0, 0.05) is 48.3 Å². The van der Waals surface area contributed by atoms with Crippen molar-refractivity contribution in [3.63, 3.8) is 0 Å². The molecule has 5 nitrogen and oxygen atoms in total. The first-order chi connectivity index (χ1) is 11.7. The highest BCUT2D eigenvalue weighted by molar-refractivity contribution is 7.09. The summed E-state index contributed by atoms with van der Waals surface area (Å²) in [5.41, 5.74) is 0.827. The van der Waals surface area contributed by atoms with Crippen LogP contribution in [-0.2, 0) is 17.9 Å². The quantitative estimate of drug-likeness (QED) is 0.829. The second-order valence-corrected chi connectivity index (χ2v) is 7.07. The summed E-state index contributed by atoms with van der Waals surface area (Å²) in [6.45, 7) is 4.25. The van der Waals surface area contributed by atoms with Crippen LogP contribution in [0.4, 0.5) is 4.79 Å². The maximum atomic E-state index is 12.3. The minimum absolute atomic E-state index is 0.206. The molecule has 0 N–H and O–H groups in total. The molecule has 0 bridgehead atoms. The first-order valence-corrected chi connectivity index (χ1v) is 9.24. The molecule has 0 saturated carbocycles. The Balaban J connectivity index is 1.48. The Hall–Kier alpha value is -1.63. The largest absolute Gasteiger partial charge is 0.444 e. The molecule has 24 heavy (non-hydrogen) atoms. The third-order valence-electron chi connectivity index (χ3n) is 4.00. The molecule has 2 heterocycles. The molecule has 1 saturated heterocycles. The zero-order valence-electron chi connectivity index (χ0n) is 13.4. The first kappa shape index (κ1) is 17.2. The Morgan fingerprint density at radius 3 is 2.92 bits per heavy atom. The van der Waals surface area contributed by atoms with Gasteiger partial charge in [0.25, 0.3) is 0 Å². The number of carbonyl (C=O) groups is 1. The molecule has 7 heteroatoms. The summed E-state index contributed by atoms with van der Waals surface area (Å²) in [5.74, 6) is 0.